The normalized spacial score (nSPS) is 14.3. The fraction of sp³-hybridized carbons (Fsp3) is 0.393. The van der Waals surface area contributed by atoms with Crippen molar-refractivity contribution in [1.82, 2.24) is 14.5 Å². The first-order valence-corrected chi connectivity index (χ1v) is 14.4. The second kappa shape index (κ2) is 11.9. The molecule has 4 rings (SSSR count). The molecule has 39 heavy (non-hydrogen) atoms. The Kier molecular flexibility index (Phi) is 8.59. The van der Waals surface area contributed by atoms with Crippen LogP contribution in [0.15, 0.2) is 58.2 Å². The van der Waals surface area contributed by atoms with E-state index in [1.165, 1.54) is 18.8 Å². The summed E-state index contributed by atoms with van der Waals surface area (Å²) in [6, 6.07) is 13.7. The number of sulfone groups is 1. The number of carbonyl (C=O) groups is 1. The first-order chi connectivity index (χ1) is 18.7. The largest absolute Gasteiger partial charge is 0.494 e. The number of ether oxygens (including phenoxy) is 2. The Balaban J connectivity index is 1.75. The zero-order valence-corrected chi connectivity index (χ0v) is 23.1. The lowest BCUT2D eigenvalue weighted by molar-refractivity contribution is 0.0725. The van der Waals surface area contributed by atoms with E-state index in [0.717, 1.165) is 6.42 Å². The maximum Gasteiger partial charge on any atom is 0.281 e. The molecule has 0 aliphatic carbocycles. The van der Waals surface area contributed by atoms with Gasteiger partial charge in [-0.15, -0.1) is 0 Å². The highest BCUT2D eigenvalue weighted by molar-refractivity contribution is 7.92. The van der Waals surface area contributed by atoms with Crippen molar-refractivity contribution in [2.45, 2.75) is 49.2 Å². The van der Waals surface area contributed by atoms with Gasteiger partial charge >= 0.3 is 0 Å². The molecule has 3 aromatic rings. The lowest BCUT2D eigenvalue weighted by atomic mass is 10.1. The van der Waals surface area contributed by atoms with E-state index in [0.29, 0.717) is 18.4 Å². The van der Waals surface area contributed by atoms with Gasteiger partial charge < -0.3 is 19.5 Å². The van der Waals surface area contributed by atoms with Gasteiger partial charge in [0.2, 0.25) is 5.88 Å². The third-order valence-electron chi connectivity index (χ3n) is 6.95. The minimum atomic E-state index is -4.31. The minimum Gasteiger partial charge on any atom is -0.494 e. The number of hydrogen-bond donors (Lipinski definition) is 1. The fourth-order valence-corrected chi connectivity index (χ4v) is 6.67. The van der Waals surface area contributed by atoms with Crippen LogP contribution in [0.1, 0.15) is 48.8 Å². The maximum atomic E-state index is 14.0. The Bertz CT molecular complexity index is 1470. The van der Waals surface area contributed by atoms with E-state index in [9.17, 15) is 23.1 Å². The van der Waals surface area contributed by atoms with Gasteiger partial charge in [0.25, 0.3) is 11.5 Å². The molecule has 1 saturated heterocycles. The Labute approximate surface area is 227 Å². The molecule has 0 radical (unpaired) electrons. The summed E-state index contributed by atoms with van der Waals surface area (Å²) < 4.78 is 39.8. The molecule has 1 fully saturated rings. The number of likely N-dealkylation sites (tertiary alicyclic amines) is 1. The molecule has 1 amide bonds. The zero-order chi connectivity index (χ0) is 28.2. The van der Waals surface area contributed by atoms with Gasteiger partial charge in [-0.05, 0) is 43.5 Å². The number of para-hydroxylation sites is 1. The number of benzene rings is 2. The smallest absolute Gasteiger partial charge is 0.281 e. The molecule has 0 saturated carbocycles. The summed E-state index contributed by atoms with van der Waals surface area (Å²) in [4.78, 5) is 31.8. The molecular weight excluding hydrogens is 522 g/mol. The van der Waals surface area contributed by atoms with E-state index < -0.39 is 31.4 Å². The van der Waals surface area contributed by atoms with Crippen molar-refractivity contribution in [2.24, 2.45) is 0 Å². The van der Waals surface area contributed by atoms with E-state index in [2.05, 4.69) is 4.98 Å². The van der Waals surface area contributed by atoms with Gasteiger partial charge in [-0.25, -0.2) is 8.42 Å². The highest BCUT2D eigenvalue weighted by atomic mass is 32.2. The van der Waals surface area contributed by atoms with Crippen LogP contribution in [0.25, 0.3) is 5.69 Å². The van der Waals surface area contributed by atoms with E-state index in [1.807, 2.05) is 13.0 Å². The highest BCUT2D eigenvalue weighted by Crippen LogP contribution is 2.34. The Morgan fingerprint density at radius 1 is 1.03 bits per heavy atom. The molecule has 0 unspecified atom stereocenters. The molecule has 1 aliphatic rings. The predicted octanol–water partition coefficient (Wildman–Crippen LogP) is 3.38. The highest BCUT2D eigenvalue weighted by Gasteiger charge is 2.38. The third-order valence-corrected chi connectivity index (χ3v) is 9.22. The molecule has 2 heterocycles. The van der Waals surface area contributed by atoms with Gasteiger partial charge in [0.1, 0.15) is 23.0 Å². The number of hydrogen-bond acceptors (Lipinski definition) is 8. The predicted molar refractivity (Wildman–Crippen MR) is 146 cm³/mol. The van der Waals surface area contributed by atoms with Crippen LogP contribution in [-0.4, -0.2) is 66.4 Å². The molecule has 0 bridgehead atoms. The van der Waals surface area contributed by atoms with Crippen LogP contribution < -0.4 is 15.0 Å². The Morgan fingerprint density at radius 3 is 2.21 bits per heavy atom. The zero-order valence-electron chi connectivity index (χ0n) is 22.3. The van der Waals surface area contributed by atoms with E-state index >= 15 is 0 Å². The van der Waals surface area contributed by atoms with Gasteiger partial charge in [0.15, 0.2) is 14.7 Å². The molecular formula is C28H33N3O7S. The number of methoxy groups -OCH3 is 2. The van der Waals surface area contributed by atoms with Crippen LogP contribution in [0.3, 0.4) is 0 Å². The second-order valence-corrected chi connectivity index (χ2v) is 11.5. The van der Waals surface area contributed by atoms with Crippen molar-refractivity contribution in [3.05, 3.63) is 70.3 Å². The first-order valence-electron chi connectivity index (χ1n) is 12.9. The molecule has 1 aliphatic heterocycles. The Morgan fingerprint density at radius 2 is 1.64 bits per heavy atom. The van der Waals surface area contributed by atoms with Crippen LogP contribution in [0, 0.1) is 0 Å². The van der Waals surface area contributed by atoms with E-state index in [1.54, 1.807) is 47.4 Å². The summed E-state index contributed by atoms with van der Waals surface area (Å²) in [7, 11) is -1.44. The van der Waals surface area contributed by atoms with Gasteiger partial charge in [0, 0.05) is 25.1 Å². The summed E-state index contributed by atoms with van der Waals surface area (Å²) in [5, 5.41) is 9.85. The quantitative estimate of drug-likeness (QED) is 0.426. The number of rotatable bonds is 9. The molecule has 2 aromatic carbocycles. The average Bonchev–Trinajstić information content (AvgIpc) is 2.95. The Hall–Kier alpha value is -3.86. The van der Waals surface area contributed by atoms with Crippen molar-refractivity contribution < 1.29 is 27.8 Å². The van der Waals surface area contributed by atoms with Crippen molar-refractivity contribution >= 4 is 15.7 Å². The first kappa shape index (κ1) is 28.2. The summed E-state index contributed by atoms with van der Waals surface area (Å²) in [6.45, 7) is 2.38. The standard InChI is InChI=1S/C28H33N3O7S/c1-4-5-14-23-29-26(32)25(28(34)31(23)24-21(37-2)12-9-13-22(24)38-3)39(35,36)20-15-17-30(18-16-20)27(33)19-10-7-6-8-11-19/h6-13,20,32H,4-5,14-18H2,1-3H3. The third kappa shape index (κ3) is 5.49. The van der Waals surface area contributed by atoms with Crippen molar-refractivity contribution in [3.63, 3.8) is 0 Å². The summed E-state index contributed by atoms with van der Waals surface area (Å²) >= 11 is 0. The number of piperidine rings is 1. The van der Waals surface area contributed by atoms with Gasteiger partial charge in [-0.1, -0.05) is 37.6 Å². The number of carbonyl (C=O) groups excluding carboxylic acids is 1. The number of amides is 1. The lowest BCUT2D eigenvalue weighted by Crippen LogP contribution is -2.43. The van der Waals surface area contributed by atoms with Crippen molar-refractivity contribution in [2.75, 3.05) is 27.3 Å². The van der Waals surface area contributed by atoms with Crippen LogP contribution in [0.4, 0.5) is 0 Å². The second-order valence-electron chi connectivity index (χ2n) is 9.34. The molecule has 11 heteroatoms. The lowest BCUT2D eigenvalue weighted by Gasteiger charge is -2.31. The SMILES string of the molecule is CCCCc1nc(O)c(S(=O)(=O)C2CCN(C(=O)c3ccccc3)CC2)c(=O)n1-c1c(OC)cccc1OC. The summed E-state index contributed by atoms with van der Waals surface area (Å²) in [6.07, 6.45) is 2.01. The van der Waals surface area contributed by atoms with Gasteiger partial charge in [0.05, 0.1) is 19.5 Å². The fourth-order valence-electron chi connectivity index (χ4n) is 4.87. The maximum absolute atomic E-state index is 14.0. The molecule has 10 nitrogen and oxygen atoms in total. The van der Waals surface area contributed by atoms with Crippen molar-refractivity contribution in [3.8, 4) is 23.1 Å². The monoisotopic (exact) mass is 555 g/mol. The number of aromatic hydroxyl groups is 1. The van der Waals surface area contributed by atoms with Crippen LogP contribution >= 0.6 is 0 Å². The van der Waals surface area contributed by atoms with Gasteiger partial charge in [-0.2, -0.15) is 4.98 Å². The van der Waals surface area contributed by atoms with E-state index in [4.69, 9.17) is 9.47 Å². The van der Waals surface area contributed by atoms with Crippen LogP contribution in [0.5, 0.6) is 17.4 Å². The molecule has 1 aromatic heterocycles. The number of unbranched alkanes of at least 4 members (excludes halogenated alkanes) is 1. The summed E-state index contributed by atoms with van der Waals surface area (Å²) in [5.74, 6) is -0.221. The van der Waals surface area contributed by atoms with Gasteiger partial charge in [-0.3, -0.25) is 14.2 Å². The number of aryl methyl sites for hydroxylation is 1. The number of nitrogens with zero attached hydrogens (tertiary/aromatic N) is 3. The topological polar surface area (TPSA) is 128 Å². The van der Waals surface area contributed by atoms with Crippen LogP contribution in [-0.2, 0) is 16.3 Å². The molecule has 208 valence electrons. The summed E-state index contributed by atoms with van der Waals surface area (Å²) in [5.41, 5.74) is -0.179. The molecule has 0 atom stereocenters. The average molecular weight is 556 g/mol. The minimum absolute atomic E-state index is 0.120. The van der Waals surface area contributed by atoms with Crippen molar-refractivity contribution in [1.29, 1.82) is 0 Å². The molecule has 1 N–H and O–H groups in total. The number of aromatic nitrogens is 2. The van der Waals surface area contributed by atoms with E-state index in [-0.39, 0.29) is 54.8 Å². The van der Waals surface area contributed by atoms with Crippen LogP contribution in [0.2, 0.25) is 0 Å². The molecule has 0 spiro atoms.